The number of aldehydes is 1. The zero-order valence-corrected chi connectivity index (χ0v) is 9.79. The fourth-order valence-corrected chi connectivity index (χ4v) is 101. The van der Waals surface area contributed by atoms with E-state index in [1.54, 1.807) is 6.29 Å². The summed E-state index contributed by atoms with van der Waals surface area (Å²) in [5.41, 5.74) is 0. The van der Waals surface area contributed by atoms with E-state index in [0.29, 0.717) is 8.37 Å². The third kappa shape index (κ3) is 0.0320. The van der Waals surface area contributed by atoms with Gasteiger partial charge in [-0.2, -0.15) is 0 Å². The van der Waals surface area contributed by atoms with Crippen molar-refractivity contribution in [1.82, 2.24) is 0 Å². The Labute approximate surface area is 73.9 Å². The molecule has 6 atom stereocenters. The average molecular weight is 246 g/mol. The Hall–Kier alpha value is 0.619. The van der Waals surface area contributed by atoms with Crippen LogP contribution in [-0.4, -0.2) is 10.3 Å². The van der Waals surface area contributed by atoms with Crippen LogP contribution in [0.4, 0.5) is 0 Å². The van der Waals surface area contributed by atoms with Crippen molar-refractivity contribution in [2.45, 2.75) is 46.9 Å². The molecular weight excluding hydrogens is 235 g/mol. The summed E-state index contributed by atoms with van der Waals surface area (Å²) in [6.07, 6.45) is 1.55. The molecule has 10 aliphatic rings. The van der Waals surface area contributed by atoms with Crippen molar-refractivity contribution in [2.24, 2.45) is 0 Å². The van der Waals surface area contributed by atoms with Gasteiger partial charge >= 0.3 is 73.7 Å². The van der Waals surface area contributed by atoms with Gasteiger partial charge in [0.15, 0.2) is 0 Å². The summed E-state index contributed by atoms with van der Waals surface area (Å²) in [6.45, 7) is -3.08. The third-order valence-corrected chi connectivity index (χ3v) is 63.9. The Kier molecular flexibility index (Phi) is 0.110. The fourth-order valence-electron chi connectivity index (χ4n) is 17.2. The molecule has 0 aromatic rings. The summed E-state index contributed by atoms with van der Waals surface area (Å²) >= 11 is 0. The second-order valence-electron chi connectivity index (χ2n) is 9.98. The Morgan fingerprint density at radius 3 is 1.64 bits per heavy atom. The van der Waals surface area contributed by atoms with E-state index in [9.17, 15) is 4.79 Å². The van der Waals surface area contributed by atoms with Gasteiger partial charge in [0.25, 0.3) is 0 Å². The molecule has 0 saturated carbocycles. The molecule has 0 aliphatic carbocycles. The summed E-state index contributed by atoms with van der Waals surface area (Å²) in [7, 11) is 3.33. The summed E-state index contributed by atoms with van der Waals surface area (Å²) in [5.74, 6) is 0. The molecule has 0 bridgehead atoms. The van der Waals surface area contributed by atoms with Gasteiger partial charge < -0.3 is 0 Å². The van der Waals surface area contributed by atoms with E-state index in [1.165, 1.54) is 33.7 Å². The van der Waals surface area contributed by atoms with Gasteiger partial charge in [-0.05, 0) is 0 Å². The van der Waals surface area contributed by atoms with Crippen LogP contribution in [0.25, 0.3) is 0 Å². The summed E-state index contributed by atoms with van der Waals surface area (Å²) in [6, 6.07) is 0. The molecule has 0 aromatic carbocycles. The van der Waals surface area contributed by atoms with Crippen LogP contribution in [0.3, 0.4) is 0 Å². The van der Waals surface area contributed by atoms with Crippen LogP contribution in [0.1, 0.15) is 0 Å². The van der Waals surface area contributed by atoms with E-state index in [0.717, 1.165) is 4.82 Å². The van der Waals surface area contributed by atoms with Crippen molar-refractivity contribution in [3.8, 4) is 0 Å². The zero-order valence-electron chi connectivity index (χ0n) is 7.54. The standard InChI is InChI=1S/C6H6OP.C5H5.Fe/c7-4-5-2-1-3-6(5)8;1-2-4-5-3-1;/h1-4H,8H2;1-5H;. The molecule has 10 rings (SSSR count). The van der Waals surface area contributed by atoms with E-state index >= 15 is 0 Å². The molecule has 10 aliphatic heterocycles. The molecule has 0 radical (unpaired) electrons. The molecule has 3 heteroatoms. The van der Waals surface area contributed by atoms with E-state index < -0.39 is 6.51 Å². The minimum absolute atomic E-state index is 0.455. The Morgan fingerprint density at radius 1 is 1.00 bits per heavy atom. The van der Waals surface area contributed by atoms with Crippen LogP contribution in [0.5, 0.6) is 0 Å². The van der Waals surface area contributed by atoms with Gasteiger partial charge in [-0.15, -0.1) is 0 Å². The normalized spacial score (nSPS) is 147. The van der Waals surface area contributed by atoms with Gasteiger partial charge in [-0.3, -0.25) is 0 Å². The van der Waals surface area contributed by atoms with Crippen molar-refractivity contribution in [3.63, 3.8) is 0 Å². The average Bonchev–Trinajstić information content (AvgIpc) is 3.11. The van der Waals surface area contributed by atoms with Crippen LogP contribution in [-0.2, 0) is 11.3 Å². The van der Waals surface area contributed by atoms with E-state index in [-0.39, 0.29) is 0 Å². The second-order valence-corrected chi connectivity index (χ2v) is 34.7. The van der Waals surface area contributed by atoms with Crippen LogP contribution in [0.2, 0.25) is 42.8 Å². The molecule has 10 heterocycles. The zero-order chi connectivity index (χ0) is 8.64. The molecule has 1 spiro atoms. The molecule has 10 fully saturated rings. The quantitative estimate of drug-likeness (QED) is 0.395. The van der Waals surface area contributed by atoms with Crippen LogP contribution in [0, 0.1) is 0 Å². The predicted molar refractivity (Wildman–Crippen MR) is 51.2 cm³/mol. The maximum atomic E-state index is 11.8. The molecular formula is C11H11FeOP. The van der Waals surface area contributed by atoms with Crippen LogP contribution in [0.15, 0.2) is 0 Å². The summed E-state index contributed by atoms with van der Waals surface area (Å²) in [5, 5.41) is 0. The first-order chi connectivity index (χ1) is 6.50. The number of rotatable bonds is 1. The first kappa shape index (κ1) is 4.86. The van der Waals surface area contributed by atoms with Gasteiger partial charge in [0.2, 0.25) is 0 Å². The fraction of sp³-hybridized carbons (Fsp3) is 0.909. The second kappa shape index (κ2) is 0.318. The van der Waals surface area contributed by atoms with Crippen molar-refractivity contribution >= 4 is 15.5 Å². The van der Waals surface area contributed by atoms with Crippen LogP contribution >= 0.6 is 9.24 Å². The molecule has 1 nitrogen and oxygen atoms in total. The van der Waals surface area contributed by atoms with E-state index in [4.69, 9.17) is 0 Å². The van der Waals surface area contributed by atoms with Crippen molar-refractivity contribution in [3.05, 3.63) is 0 Å². The predicted octanol–water partition coefficient (Wildman–Crippen LogP) is 2.73. The Balaban J connectivity index is 2.07. The maximum absolute atomic E-state index is 11.8. The number of carbonyl (C=O) groups is 1. The topological polar surface area (TPSA) is 17.1 Å². The van der Waals surface area contributed by atoms with Gasteiger partial charge in [-0.1, -0.05) is 0 Å². The van der Waals surface area contributed by atoms with Crippen molar-refractivity contribution in [1.29, 1.82) is 0 Å². The first-order valence-corrected chi connectivity index (χ1v) is 12.7. The summed E-state index contributed by atoms with van der Waals surface area (Å²) in [4.78, 5) is 21.8. The molecule has 0 aromatic heterocycles. The number of hydrogen-bond acceptors (Lipinski definition) is 1. The monoisotopic (exact) mass is 246 g/mol. The Morgan fingerprint density at radius 2 is 1.57 bits per heavy atom. The molecule has 0 amide bonds. The Bertz CT molecular complexity index is 922. The number of fused-ring (bicyclic) bond motifs is 10. The van der Waals surface area contributed by atoms with Gasteiger partial charge in [-0.25, -0.2) is 0 Å². The van der Waals surface area contributed by atoms with Gasteiger partial charge in [0.1, 0.15) is 0 Å². The minimum atomic E-state index is -3.08. The molecule has 14 heavy (non-hydrogen) atoms. The first-order valence-electron chi connectivity index (χ1n) is 5.96. The van der Waals surface area contributed by atoms with Crippen molar-refractivity contribution < 1.29 is 11.3 Å². The summed E-state index contributed by atoms with van der Waals surface area (Å²) < 4.78 is 1.14. The third-order valence-electron chi connectivity index (χ3n) is 15.3. The SMILES string of the molecule is O=C[C]12[CH]3[CH]4[CH]5[C]1(P)[Fe]45321678[CH]2[CH]1[CH]6[CH]7[CH]28. The van der Waals surface area contributed by atoms with Crippen LogP contribution < -0.4 is 0 Å². The molecule has 74 valence electrons. The van der Waals surface area contributed by atoms with Gasteiger partial charge in [0, 0.05) is 0 Å². The number of hydrogen-bond donors (Lipinski definition) is 0. The van der Waals surface area contributed by atoms with E-state index in [2.05, 4.69) is 9.24 Å². The van der Waals surface area contributed by atoms with Gasteiger partial charge in [0.05, 0.1) is 0 Å². The molecule has 6 unspecified atom stereocenters. The number of carbonyl (C=O) groups excluding carboxylic acids is 1. The molecule has 0 N–H and O–H groups in total. The van der Waals surface area contributed by atoms with E-state index in [1.807, 2.05) is 0 Å². The van der Waals surface area contributed by atoms with Crippen molar-refractivity contribution in [2.75, 3.05) is 0 Å². The molecule has 10 saturated heterocycles.